The number of rotatable bonds is 4. The second-order valence-electron chi connectivity index (χ2n) is 5.94. The minimum absolute atomic E-state index is 0.0932. The molecule has 1 aliphatic carbocycles. The molecule has 0 bridgehead atoms. The van der Waals surface area contributed by atoms with Crippen LogP contribution in [0.4, 0.5) is 5.69 Å². The molecule has 0 radical (unpaired) electrons. The molecule has 0 unspecified atom stereocenters. The first kappa shape index (κ1) is 15.5. The monoisotopic (exact) mass is 357 g/mol. The molecule has 1 aliphatic rings. The number of thiophene rings is 1. The molecule has 4 rings (SSSR count). The summed E-state index contributed by atoms with van der Waals surface area (Å²) >= 11 is 7.89. The summed E-state index contributed by atoms with van der Waals surface area (Å²) in [6.07, 6.45) is 7.70. The van der Waals surface area contributed by atoms with Gasteiger partial charge in [0.15, 0.2) is 5.58 Å². The number of furan rings is 1. The Bertz CT molecular complexity index is 926. The molecule has 0 aliphatic heterocycles. The van der Waals surface area contributed by atoms with Crippen LogP contribution in [-0.2, 0) is 6.54 Å². The zero-order valence-electron chi connectivity index (χ0n) is 12.9. The number of anilines is 1. The van der Waals surface area contributed by atoms with Crippen molar-refractivity contribution in [3.05, 3.63) is 44.9 Å². The van der Waals surface area contributed by atoms with E-state index in [1.54, 1.807) is 17.4 Å². The molecule has 0 amide bonds. The van der Waals surface area contributed by atoms with Crippen LogP contribution < -0.4 is 11.1 Å². The molecule has 1 fully saturated rings. The molecule has 3 heterocycles. The number of hydrogen-bond acceptors (Lipinski definition) is 5. The highest BCUT2D eigenvalue weighted by atomic mass is 35.5. The lowest BCUT2D eigenvalue weighted by molar-refractivity contribution is 0.302. The summed E-state index contributed by atoms with van der Waals surface area (Å²) in [5.74, 6) is 3.64. The van der Waals surface area contributed by atoms with Crippen molar-refractivity contribution >= 4 is 39.7 Å². The Kier molecular flexibility index (Phi) is 3.97. The smallest absolute Gasteiger partial charge is 0.177 e. The maximum Gasteiger partial charge on any atom is 0.177 e. The Hall–Kier alpha value is -2.00. The van der Waals surface area contributed by atoms with E-state index in [9.17, 15) is 0 Å². The first-order chi connectivity index (χ1) is 11.7. The van der Waals surface area contributed by atoms with Crippen LogP contribution in [0.2, 0.25) is 5.15 Å². The minimum atomic E-state index is 0.0932. The van der Waals surface area contributed by atoms with Crippen LogP contribution in [0.5, 0.6) is 0 Å². The van der Waals surface area contributed by atoms with E-state index in [2.05, 4.69) is 22.3 Å². The quantitative estimate of drug-likeness (QED) is 0.538. The third-order valence-electron chi connectivity index (χ3n) is 4.48. The molecule has 0 spiro atoms. The van der Waals surface area contributed by atoms with Gasteiger partial charge in [-0.25, -0.2) is 4.98 Å². The van der Waals surface area contributed by atoms with Gasteiger partial charge in [0.2, 0.25) is 0 Å². The number of nitrogens with zero attached hydrogens (tertiary/aromatic N) is 1. The predicted molar refractivity (Wildman–Crippen MR) is 98.6 cm³/mol. The number of nitrogens with one attached hydrogen (secondary N) is 1. The lowest BCUT2D eigenvalue weighted by Gasteiger charge is -2.31. The van der Waals surface area contributed by atoms with Gasteiger partial charge in [0.25, 0.3) is 0 Å². The van der Waals surface area contributed by atoms with Gasteiger partial charge in [-0.2, -0.15) is 0 Å². The van der Waals surface area contributed by atoms with E-state index in [0.717, 1.165) is 24.3 Å². The van der Waals surface area contributed by atoms with Crippen molar-refractivity contribution in [2.45, 2.75) is 31.3 Å². The summed E-state index contributed by atoms with van der Waals surface area (Å²) in [4.78, 5) is 5.61. The number of aromatic nitrogens is 1. The Balaban J connectivity index is 1.78. The van der Waals surface area contributed by atoms with Crippen molar-refractivity contribution in [2.24, 2.45) is 5.73 Å². The van der Waals surface area contributed by atoms with E-state index in [1.807, 2.05) is 11.4 Å². The first-order valence-electron chi connectivity index (χ1n) is 7.78. The highest BCUT2D eigenvalue weighted by molar-refractivity contribution is 7.09. The first-order valence-corrected chi connectivity index (χ1v) is 9.04. The summed E-state index contributed by atoms with van der Waals surface area (Å²) in [6, 6.07) is 5.96. The molecule has 24 heavy (non-hydrogen) atoms. The van der Waals surface area contributed by atoms with Gasteiger partial charge >= 0.3 is 0 Å². The topological polar surface area (TPSA) is 64.1 Å². The Morgan fingerprint density at radius 2 is 2.38 bits per heavy atom. The molecule has 3 aromatic rings. The van der Waals surface area contributed by atoms with Crippen LogP contribution in [-0.4, -0.2) is 11.0 Å². The van der Waals surface area contributed by atoms with E-state index >= 15 is 0 Å². The second-order valence-corrected chi connectivity index (χ2v) is 7.36. The molecule has 4 nitrogen and oxygen atoms in total. The summed E-state index contributed by atoms with van der Waals surface area (Å²) in [5.41, 5.74) is 8.86. The molecule has 2 atom stereocenters. The van der Waals surface area contributed by atoms with Crippen LogP contribution >= 0.6 is 22.9 Å². The summed E-state index contributed by atoms with van der Waals surface area (Å²) in [6.45, 7) is 0.692. The van der Waals surface area contributed by atoms with Crippen LogP contribution in [0.15, 0.2) is 28.0 Å². The van der Waals surface area contributed by atoms with E-state index < -0.39 is 0 Å². The SMILES string of the molecule is C#Cc1c([C@H]2CC[C@@H]2N)oc2c(NCc3cccs3)cc(Cl)nc12. The van der Waals surface area contributed by atoms with Crippen LogP contribution in [0.25, 0.3) is 11.1 Å². The third-order valence-corrected chi connectivity index (χ3v) is 5.55. The Morgan fingerprint density at radius 3 is 3.00 bits per heavy atom. The fraction of sp³-hybridized carbons (Fsp3) is 0.278. The van der Waals surface area contributed by atoms with Gasteiger partial charge in [0, 0.05) is 29.4 Å². The molecule has 122 valence electrons. The number of nitrogens with two attached hydrogens (primary N) is 1. The van der Waals surface area contributed by atoms with Gasteiger partial charge in [0.1, 0.15) is 16.4 Å². The van der Waals surface area contributed by atoms with Crippen molar-refractivity contribution in [2.75, 3.05) is 5.32 Å². The van der Waals surface area contributed by atoms with E-state index in [4.69, 9.17) is 28.2 Å². The van der Waals surface area contributed by atoms with Gasteiger partial charge in [0.05, 0.1) is 11.3 Å². The minimum Gasteiger partial charge on any atom is -0.455 e. The molecule has 1 saturated carbocycles. The van der Waals surface area contributed by atoms with E-state index in [0.29, 0.717) is 28.4 Å². The summed E-state index contributed by atoms with van der Waals surface area (Å²) in [5, 5.41) is 5.81. The number of hydrogen-bond donors (Lipinski definition) is 2. The zero-order valence-corrected chi connectivity index (χ0v) is 14.5. The maximum absolute atomic E-state index is 6.20. The zero-order chi connectivity index (χ0) is 16.7. The number of terminal acetylenes is 1. The van der Waals surface area contributed by atoms with Crippen LogP contribution in [0.3, 0.4) is 0 Å². The third kappa shape index (κ3) is 2.57. The molecule has 0 aromatic carbocycles. The average molecular weight is 358 g/mol. The molecule has 0 saturated heterocycles. The van der Waals surface area contributed by atoms with Gasteiger partial charge in [-0.05, 0) is 24.3 Å². The van der Waals surface area contributed by atoms with Crippen molar-refractivity contribution < 1.29 is 4.42 Å². The maximum atomic E-state index is 6.20. The summed E-state index contributed by atoms with van der Waals surface area (Å²) < 4.78 is 6.12. The standard InChI is InChI=1S/C18H16ClN3OS/c1-2-11-16-18(23-17(11)12-5-6-13(12)20)14(8-15(19)22-16)21-9-10-4-3-7-24-10/h1,3-4,7-8,12-13H,5-6,9,20H2,(H,21,22)/t12-,13-/m0/s1. The predicted octanol–water partition coefficient (Wildman–Crippen LogP) is 4.34. The van der Waals surface area contributed by atoms with Gasteiger partial charge in [-0.15, -0.1) is 17.8 Å². The number of halogens is 1. The van der Waals surface area contributed by atoms with Crippen LogP contribution in [0.1, 0.15) is 35.0 Å². The highest BCUT2D eigenvalue weighted by Crippen LogP contribution is 2.42. The second kappa shape index (κ2) is 6.14. The van der Waals surface area contributed by atoms with Gasteiger partial charge < -0.3 is 15.5 Å². The van der Waals surface area contributed by atoms with Crippen molar-refractivity contribution in [1.82, 2.24) is 4.98 Å². The Morgan fingerprint density at radius 1 is 1.50 bits per heavy atom. The fourth-order valence-corrected chi connectivity index (χ4v) is 3.87. The van der Waals surface area contributed by atoms with Crippen LogP contribution in [0, 0.1) is 12.3 Å². The normalized spacial score (nSPS) is 19.9. The number of fused-ring (bicyclic) bond motifs is 1. The fourth-order valence-electron chi connectivity index (χ4n) is 3.03. The highest BCUT2D eigenvalue weighted by Gasteiger charge is 2.35. The molecule has 6 heteroatoms. The lowest BCUT2D eigenvalue weighted by atomic mass is 9.77. The molecule has 3 aromatic heterocycles. The van der Waals surface area contributed by atoms with Crippen molar-refractivity contribution in [1.29, 1.82) is 0 Å². The lowest BCUT2D eigenvalue weighted by Crippen LogP contribution is -2.37. The summed E-state index contributed by atoms with van der Waals surface area (Å²) in [7, 11) is 0. The number of pyridine rings is 1. The molecule has 3 N–H and O–H groups in total. The molecular formula is C18H16ClN3OS. The molecular weight excluding hydrogens is 342 g/mol. The van der Waals surface area contributed by atoms with E-state index in [1.165, 1.54) is 4.88 Å². The van der Waals surface area contributed by atoms with Gasteiger partial charge in [-0.1, -0.05) is 23.6 Å². The van der Waals surface area contributed by atoms with Gasteiger partial charge in [-0.3, -0.25) is 0 Å². The largest absolute Gasteiger partial charge is 0.455 e. The van der Waals surface area contributed by atoms with Crippen molar-refractivity contribution in [3.63, 3.8) is 0 Å². The van der Waals surface area contributed by atoms with E-state index in [-0.39, 0.29) is 12.0 Å². The van der Waals surface area contributed by atoms with Crippen molar-refractivity contribution in [3.8, 4) is 12.3 Å². The Labute approximate surface area is 149 Å². The average Bonchev–Trinajstić information content (AvgIpc) is 3.18.